The van der Waals surface area contributed by atoms with E-state index in [1.807, 2.05) is 43.3 Å². The first-order chi connectivity index (χ1) is 13.1. The molecule has 1 atom stereocenters. The van der Waals surface area contributed by atoms with Gasteiger partial charge in [-0.2, -0.15) is 0 Å². The Balaban J connectivity index is 1.71. The highest BCUT2D eigenvalue weighted by molar-refractivity contribution is 7.98. The van der Waals surface area contributed by atoms with Crippen molar-refractivity contribution in [3.05, 3.63) is 65.5 Å². The quantitative estimate of drug-likeness (QED) is 0.510. The summed E-state index contributed by atoms with van der Waals surface area (Å²) in [5.41, 5.74) is 2.36. The summed E-state index contributed by atoms with van der Waals surface area (Å²) < 4.78 is 13.5. The third-order valence-corrected chi connectivity index (χ3v) is 5.27. The zero-order valence-corrected chi connectivity index (χ0v) is 17.0. The van der Waals surface area contributed by atoms with Crippen LogP contribution in [0, 0.1) is 6.92 Å². The lowest BCUT2D eigenvalue weighted by molar-refractivity contribution is 0.210. The molecule has 0 amide bonds. The van der Waals surface area contributed by atoms with Crippen LogP contribution in [0.15, 0.2) is 53.7 Å². The summed E-state index contributed by atoms with van der Waals surface area (Å²) in [5, 5.41) is 9.68. The highest BCUT2D eigenvalue weighted by Gasteiger charge is 2.19. The molecular formula is C21H25N3O2S. The van der Waals surface area contributed by atoms with Crippen LogP contribution in [-0.2, 0) is 12.3 Å². The Morgan fingerprint density at radius 2 is 1.85 bits per heavy atom. The fourth-order valence-corrected chi connectivity index (χ4v) is 3.81. The van der Waals surface area contributed by atoms with E-state index in [-0.39, 0.29) is 6.10 Å². The molecule has 0 bridgehead atoms. The first kappa shape index (κ1) is 19.3. The number of nitrogens with zero attached hydrogens (tertiary/aromatic N) is 3. The van der Waals surface area contributed by atoms with Crippen molar-refractivity contribution >= 4 is 11.8 Å². The molecule has 0 spiro atoms. The minimum Gasteiger partial charge on any atom is -0.497 e. The summed E-state index contributed by atoms with van der Waals surface area (Å²) in [5.74, 6) is 3.36. The van der Waals surface area contributed by atoms with Crippen LogP contribution in [0.2, 0.25) is 0 Å². The van der Waals surface area contributed by atoms with Gasteiger partial charge in [0.25, 0.3) is 0 Å². The molecular weight excluding hydrogens is 358 g/mol. The second-order valence-electron chi connectivity index (χ2n) is 6.30. The molecule has 0 saturated heterocycles. The molecule has 27 heavy (non-hydrogen) atoms. The van der Waals surface area contributed by atoms with Crippen LogP contribution in [-0.4, -0.2) is 21.9 Å². The Hall–Kier alpha value is -2.47. The molecule has 2 aromatic carbocycles. The van der Waals surface area contributed by atoms with Crippen molar-refractivity contribution in [3.63, 3.8) is 0 Å². The summed E-state index contributed by atoms with van der Waals surface area (Å²) in [7, 11) is 1.68. The third kappa shape index (κ3) is 4.83. The summed E-state index contributed by atoms with van der Waals surface area (Å²) in [6.07, 6.45) is -0.176. The van der Waals surface area contributed by atoms with Gasteiger partial charge in [-0.1, -0.05) is 36.0 Å². The normalized spacial score (nSPS) is 12.0. The largest absolute Gasteiger partial charge is 0.497 e. The number of hydrogen-bond acceptors (Lipinski definition) is 5. The predicted octanol–water partition coefficient (Wildman–Crippen LogP) is 5.05. The van der Waals surface area contributed by atoms with Crippen molar-refractivity contribution in [2.75, 3.05) is 7.11 Å². The SMILES string of the molecule is CCn1c(SCc2cccc(OC)c2)nnc1C(C)Oc1cccc(C)c1. The lowest BCUT2D eigenvalue weighted by Crippen LogP contribution is -2.12. The molecule has 1 unspecified atom stereocenters. The van der Waals surface area contributed by atoms with Crippen LogP contribution in [0.1, 0.15) is 36.9 Å². The predicted molar refractivity (Wildman–Crippen MR) is 108 cm³/mol. The molecule has 0 N–H and O–H groups in total. The summed E-state index contributed by atoms with van der Waals surface area (Å²) in [4.78, 5) is 0. The number of thioether (sulfide) groups is 1. The molecule has 1 aromatic heterocycles. The van der Waals surface area contributed by atoms with Crippen molar-refractivity contribution in [1.29, 1.82) is 0 Å². The standard InChI is InChI=1S/C21H25N3O2S/c1-5-24-20(16(3)26-19-11-6-8-15(2)12-19)22-23-21(24)27-14-17-9-7-10-18(13-17)25-4/h6-13,16H,5,14H2,1-4H3. The van der Waals surface area contributed by atoms with E-state index in [0.29, 0.717) is 0 Å². The fourth-order valence-electron chi connectivity index (χ4n) is 2.86. The average Bonchev–Trinajstić information content (AvgIpc) is 3.09. The van der Waals surface area contributed by atoms with Crippen LogP contribution < -0.4 is 9.47 Å². The smallest absolute Gasteiger partial charge is 0.191 e. The average molecular weight is 384 g/mol. The van der Waals surface area contributed by atoms with Gasteiger partial charge in [0, 0.05) is 12.3 Å². The van der Waals surface area contributed by atoms with E-state index >= 15 is 0 Å². The maximum absolute atomic E-state index is 6.08. The molecule has 0 radical (unpaired) electrons. The molecule has 0 saturated carbocycles. The number of benzene rings is 2. The number of methoxy groups -OCH3 is 1. The lowest BCUT2D eigenvalue weighted by Gasteiger charge is -2.16. The van der Waals surface area contributed by atoms with E-state index < -0.39 is 0 Å². The number of aryl methyl sites for hydroxylation is 1. The van der Waals surface area contributed by atoms with Crippen molar-refractivity contribution in [1.82, 2.24) is 14.8 Å². The van der Waals surface area contributed by atoms with Crippen molar-refractivity contribution in [2.45, 2.75) is 44.3 Å². The Bertz CT molecular complexity index is 895. The zero-order valence-electron chi connectivity index (χ0n) is 16.2. The van der Waals surface area contributed by atoms with Gasteiger partial charge >= 0.3 is 0 Å². The highest BCUT2D eigenvalue weighted by atomic mass is 32.2. The number of hydrogen-bond donors (Lipinski definition) is 0. The monoisotopic (exact) mass is 383 g/mol. The van der Waals surface area contributed by atoms with Crippen molar-refractivity contribution < 1.29 is 9.47 Å². The number of aromatic nitrogens is 3. The highest BCUT2D eigenvalue weighted by Crippen LogP contribution is 2.27. The van der Waals surface area contributed by atoms with E-state index in [0.717, 1.165) is 34.8 Å². The Kier molecular flexibility index (Phi) is 6.40. The molecule has 5 nitrogen and oxygen atoms in total. The van der Waals surface area contributed by atoms with Gasteiger partial charge < -0.3 is 14.0 Å². The Morgan fingerprint density at radius 1 is 1.07 bits per heavy atom. The molecule has 0 aliphatic rings. The molecule has 0 aliphatic carbocycles. The van der Waals surface area contributed by atoms with Crippen LogP contribution in [0.25, 0.3) is 0 Å². The minimum atomic E-state index is -0.176. The van der Waals surface area contributed by atoms with E-state index in [9.17, 15) is 0 Å². The molecule has 1 heterocycles. The third-order valence-electron chi connectivity index (χ3n) is 4.23. The van der Waals surface area contributed by atoms with Crippen LogP contribution in [0.4, 0.5) is 0 Å². The van der Waals surface area contributed by atoms with Gasteiger partial charge in [0.05, 0.1) is 7.11 Å². The lowest BCUT2D eigenvalue weighted by atomic mass is 10.2. The van der Waals surface area contributed by atoms with E-state index in [4.69, 9.17) is 9.47 Å². The van der Waals surface area contributed by atoms with Crippen LogP contribution in [0.5, 0.6) is 11.5 Å². The van der Waals surface area contributed by atoms with Gasteiger partial charge in [-0.05, 0) is 56.2 Å². The van der Waals surface area contributed by atoms with Gasteiger partial charge in [0.2, 0.25) is 0 Å². The maximum Gasteiger partial charge on any atom is 0.191 e. The van der Waals surface area contributed by atoms with Crippen molar-refractivity contribution in [2.24, 2.45) is 0 Å². The Morgan fingerprint density at radius 3 is 2.59 bits per heavy atom. The topological polar surface area (TPSA) is 49.2 Å². The first-order valence-electron chi connectivity index (χ1n) is 9.03. The summed E-state index contributed by atoms with van der Waals surface area (Å²) in [6, 6.07) is 16.1. The van der Waals surface area contributed by atoms with Crippen LogP contribution >= 0.6 is 11.8 Å². The summed E-state index contributed by atoms with van der Waals surface area (Å²) >= 11 is 1.67. The maximum atomic E-state index is 6.08. The number of rotatable bonds is 8. The minimum absolute atomic E-state index is 0.176. The second kappa shape index (κ2) is 8.95. The Labute approximate surface area is 164 Å². The zero-order chi connectivity index (χ0) is 19.2. The summed E-state index contributed by atoms with van der Waals surface area (Å²) in [6.45, 7) is 6.96. The van der Waals surface area contributed by atoms with Gasteiger partial charge in [0.1, 0.15) is 11.5 Å². The molecule has 6 heteroatoms. The van der Waals surface area contributed by atoms with E-state index in [1.165, 1.54) is 11.1 Å². The van der Waals surface area contributed by atoms with Crippen molar-refractivity contribution in [3.8, 4) is 11.5 Å². The van der Waals surface area contributed by atoms with Crippen LogP contribution in [0.3, 0.4) is 0 Å². The molecule has 3 rings (SSSR count). The van der Waals surface area contributed by atoms with Gasteiger partial charge in [-0.25, -0.2) is 0 Å². The van der Waals surface area contributed by atoms with E-state index in [1.54, 1.807) is 18.9 Å². The molecule has 0 fully saturated rings. The van der Waals surface area contributed by atoms with E-state index in [2.05, 4.69) is 40.7 Å². The molecule has 142 valence electrons. The van der Waals surface area contributed by atoms with Gasteiger partial charge in [-0.3, -0.25) is 0 Å². The molecule has 3 aromatic rings. The fraction of sp³-hybridized carbons (Fsp3) is 0.333. The first-order valence-corrected chi connectivity index (χ1v) is 10.0. The number of ether oxygens (including phenoxy) is 2. The van der Waals surface area contributed by atoms with Gasteiger partial charge in [0.15, 0.2) is 17.1 Å². The molecule has 0 aliphatic heterocycles. The second-order valence-corrected chi connectivity index (χ2v) is 7.24. The van der Waals surface area contributed by atoms with Gasteiger partial charge in [-0.15, -0.1) is 10.2 Å².